The molecule has 0 unspecified atom stereocenters. The Morgan fingerprint density at radius 2 is 2.11 bits per heavy atom. The third-order valence-electron chi connectivity index (χ3n) is 2.32. The maximum Gasteiger partial charge on any atom is 0.355 e. The van der Waals surface area contributed by atoms with Gasteiger partial charge in [0.15, 0.2) is 0 Å². The van der Waals surface area contributed by atoms with Crippen LogP contribution >= 0.6 is 0 Å². The molecule has 0 saturated heterocycles. The van der Waals surface area contributed by atoms with E-state index in [0.29, 0.717) is 5.82 Å². The normalized spacial score (nSPS) is 10.1. The van der Waals surface area contributed by atoms with Gasteiger partial charge in [-0.05, 0) is 25.1 Å². The second-order valence-corrected chi connectivity index (χ2v) is 3.49. The van der Waals surface area contributed by atoms with E-state index in [1.807, 2.05) is 0 Å². The van der Waals surface area contributed by atoms with Crippen LogP contribution in [0.25, 0.3) is 5.82 Å². The Labute approximate surface area is 104 Å². The van der Waals surface area contributed by atoms with E-state index in [9.17, 15) is 9.59 Å². The van der Waals surface area contributed by atoms with Crippen molar-refractivity contribution in [3.8, 4) is 5.82 Å². The molecule has 0 saturated carbocycles. The Bertz CT molecular complexity index is 605. The molecule has 0 spiro atoms. The SMILES string of the molecule is CCOC(=O)c1cccc(=O)n1-c1ccccn1. The monoisotopic (exact) mass is 244 g/mol. The van der Waals surface area contributed by atoms with Crippen molar-refractivity contribution >= 4 is 5.97 Å². The lowest BCUT2D eigenvalue weighted by molar-refractivity contribution is 0.0515. The van der Waals surface area contributed by atoms with Crippen LogP contribution in [-0.2, 0) is 4.74 Å². The summed E-state index contributed by atoms with van der Waals surface area (Å²) < 4.78 is 6.15. The van der Waals surface area contributed by atoms with Crippen LogP contribution in [-0.4, -0.2) is 22.1 Å². The van der Waals surface area contributed by atoms with E-state index in [1.54, 1.807) is 31.3 Å². The molecule has 5 nitrogen and oxygen atoms in total. The van der Waals surface area contributed by atoms with Crippen molar-refractivity contribution in [1.29, 1.82) is 0 Å². The van der Waals surface area contributed by atoms with Crippen LogP contribution in [0.15, 0.2) is 47.4 Å². The van der Waals surface area contributed by atoms with E-state index < -0.39 is 5.97 Å². The predicted octanol–water partition coefficient (Wildman–Crippen LogP) is 1.41. The van der Waals surface area contributed by atoms with Crippen molar-refractivity contribution in [2.75, 3.05) is 6.61 Å². The van der Waals surface area contributed by atoms with Crippen molar-refractivity contribution < 1.29 is 9.53 Å². The van der Waals surface area contributed by atoms with Crippen LogP contribution < -0.4 is 5.56 Å². The number of carbonyl (C=O) groups is 1. The number of esters is 1. The third-order valence-corrected chi connectivity index (χ3v) is 2.32. The number of hydrogen-bond donors (Lipinski definition) is 0. The molecule has 0 aliphatic carbocycles. The summed E-state index contributed by atoms with van der Waals surface area (Å²) in [5.74, 6) is -0.146. The lowest BCUT2D eigenvalue weighted by Gasteiger charge is -2.10. The average Bonchev–Trinajstić information content (AvgIpc) is 2.39. The summed E-state index contributed by atoms with van der Waals surface area (Å²) in [5, 5.41) is 0. The van der Waals surface area contributed by atoms with Gasteiger partial charge in [-0.25, -0.2) is 9.78 Å². The molecule has 2 heterocycles. The van der Waals surface area contributed by atoms with Gasteiger partial charge in [0.05, 0.1) is 6.61 Å². The fourth-order valence-corrected chi connectivity index (χ4v) is 1.58. The van der Waals surface area contributed by atoms with Crippen molar-refractivity contribution in [2.45, 2.75) is 6.92 Å². The van der Waals surface area contributed by atoms with Gasteiger partial charge in [0.2, 0.25) is 0 Å². The number of hydrogen-bond acceptors (Lipinski definition) is 4. The van der Waals surface area contributed by atoms with Crippen LogP contribution in [0, 0.1) is 0 Å². The Morgan fingerprint density at radius 1 is 1.28 bits per heavy atom. The highest BCUT2D eigenvalue weighted by molar-refractivity contribution is 5.88. The van der Waals surface area contributed by atoms with Gasteiger partial charge in [-0.2, -0.15) is 0 Å². The van der Waals surface area contributed by atoms with Crippen LogP contribution in [0.3, 0.4) is 0 Å². The molecule has 5 heteroatoms. The highest BCUT2D eigenvalue weighted by Crippen LogP contribution is 2.06. The van der Waals surface area contributed by atoms with Gasteiger partial charge in [0, 0.05) is 12.3 Å². The molecule has 0 aromatic carbocycles. The first-order valence-corrected chi connectivity index (χ1v) is 5.54. The van der Waals surface area contributed by atoms with Gasteiger partial charge >= 0.3 is 5.97 Å². The van der Waals surface area contributed by atoms with Crippen LogP contribution in [0.1, 0.15) is 17.4 Å². The van der Waals surface area contributed by atoms with Gasteiger partial charge < -0.3 is 4.74 Å². The zero-order chi connectivity index (χ0) is 13.0. The molecule has 0 N–H and O–H groups in total. The van der Waals surface area contributed by atoms with E-state index >= 15 is 0 Å². The maximum absolute atomic E-state index is 11.9. The second kappa shape index (κ2) is 5.27. The minimum atomic E-state index is -0.541. The summed E-state index contributed by atoms with van der Waals surface area (Å²) in [7, 11) is 0. The van der Waals surface area contributed by atoms with Gasteiger partial charge in [-0.3, -0.25) is 9.36 Å². The van der Waals surface area contributed by atoms with Gasteiger partial charge in [-0.15, -0.1) is 0 Å². The van der Waals surface area contributed by atoms with Crippen LogP contribution in [0.4, 0.5) is 0 Å². The minimum Gasteiger partial charge on any atom is -0.461 e. The van der Waals surface area contributed by atoms with Crippen LogP contribution in [0.5, 0.6) is 0 Å². The van der Waals surface area contributed by atoms with E-state index in [1.165, 1.54) is 22.8 Å². The smallest absolute Gasteiger partial charge is 0.355 e. The molecule has 2 rings (SSSR count). The highest BCUT2D eigenvalue weighted by atomic mass is 16.5. The van der Waals surface area contributed by atoms with Crippen molar-refractivity contribution in [1.82, 2.24) is 9.55 Å². The van der Waals surface area contributed by atoms with E-state index in [2.05, 4.69) is 4.98 Å². The summed E-state index contributed by atoms with van der Waals surface area (Å²) in [6, 6.07) is 9.57. The first-order chi connectivity index (χ1) is 8.74. The number of nitrogens with zero attached hydrogens (tertiary/aromatic N) is 2. The largest absolute Gasteiger partial charge is 0.461 e. The number of aromatic nitrogens is 2. The lowest BCUT2D eigenvalue weighted by atomic mass is 10.3. The summed E-state index contributed by atoms with van der Waals surface area (Å²) in [6.45, 7) is 1.97. The highest BCUT2D eigenvalue weighted by Gasteiger charge is 2.14. The Balaban J connectivity index is 2.59. The number of ether oxygens (including phenoxy) is 1. The molecule has 0 atom stereocenters. The Kier molecular flexibility index (Phi) is 3.52. The fourth-order valence-electron chi connectivity index (χ4n) is 1.58. The summed E-state index contributed by atoms with van der Waals surface area (Å²) in [5.41, 5.74) is -0.151. The number of pyridine rings is 2. The van der Waals surface area contributed by atoms with Crippen molar-refractivity contribution in [2.24, 2.45) is 0 Å². The number of carbonyl (C=O) groups excluding carboxylic acids is 1. The van der Waals surface area contributed by atoms with E-state index in [4.69, 9.17) is 4.74 Å². The third kappa shape index (κ3) is 2.29. The summed E-state index contributed by atoms with van der Waals surface area (Å²) in [6.07, 6.45) is 1.56. The minimum absolute atomic E-state index is 0.169. The summed E-state index contributed by atoms with van der Waals surface area (Å²) >= 11 is 0. The van der Waals surface area contributed by atoms with Crippen LogP contribution in [0.2, 0.25) is 0 Å². The van der Waals surface area contributed by atoms with Crippen molar-refractivity contribution in [3.05, 3.63) is 58.6 Å². The van der Waals surface area contributed by atoms with E-state index in [-0.39, 0.29) is 17.9 Å². The maximum atomic E-state index is 11.9. The topological polar surface area (TPSA) is 61.2 Å². The molecule has 2 aromatic heterocycles. The van der Waals surface area contributed by atoms with Gasteiger partial charge in [-0.1, -0.05) is 12.1 Å². The molecule has 0 aliphatic heterocycles. The molecule has 0 amide bonds. The lowest BCUT2D eigenvalue weighted by Crippen LogP contribution is -2.25. The summed E-state index contributed by atoms with van der Waals surface area (Å²) in [4.78, 5) is 27.7. The fraction of sp³-hybridized carbons (Fsp3) is 0.154. The molecule has 18 heavy (non-hydrogen) atoms. The first kappa shape index (κ1) is 12.0. The zero-order valence-corrected chi connectivity index (χ0v) is 9.87. The van der Waals surface area contributed by atoms with Gasteiger partial charge in [0.25, 0.3) is 5.56 Å². The molecule has 92 valence electrons. The standard InChI is InChI=1S/C13H12N2O3/c1-2-18-13(17)10-6-5-8-12(16)15(10)11-7-3-4-9-14-11/h3-9H,2H2,1H3. The van der Waals surface area contributed by atoms with Crippen molar-refractivity contribution in [3.63, 3.8) is 0 Å². The molecule has 0 bridgehead atoms. The zero-order valence-electron chi connectivity index (χ0n) is 9.87. The first-order valence-electron chi connectivity index (χ1n) is 5.54. The molecule has 0 radical (unpaired) electrons. The molecule has 0 aliphatic rings. The quantitative estimate of drug-likeness (QED) is 0.766. The van der Waals surface area contributed by atoms with E-state index in [0.717, 1.165) is 0 Å². The average molecular weight is 244 g/mol. The number of rotatable bonds is 3. The molecule has 0 fully saturated rings. The molecular formula is C13H12N2O3. The second-order valence-electron chi connectivity index (χ2n) is 3.49. The Hall–Kier alpha value is -2.43. The molecule has 2 aromatic rings. The molecular weight excluding hydrogens is 232 g/mol. The Morgan fingerprint density at radius 3 is 2.78 bits per heavy atom. The predicted molar refractivity (Wildman–Crippen MR) is 65.8 cm³/mol. The van der Waals surface area contributed by atoms with Gasteiger partial charge in [0.1, 0.15) is 11.5 Å².